The van der Waals surface area contributed by atoms with Crippen LogP contribution in [-0.2, 0) is 19.4 Å². The average Bonchev–Trinajstić information content (AvgIpc) is 3.11. The van der Waals surface area contributed by atoms with Crippen LogP contribution in [0, 0.1) is 5.92 Å². The molecule has 1 fully saturated rings. The minimum absolute atomic E-state index is 0.777. The molecule has 5 rings (SSSR count). The van der Waals surface area contributed by atoms with Crippen LogP contribution >= 0.6 is 23.1 Å². The molecule has 1 saturated heterocycles. The highest BCUT2D eigenvalue weighted by atomic mass is 32.2. The lowest BCUT2D eigenvalue weighted by Crippen LogP contribution is -3.08. The molecule has 4 heterocycles. The van der Waals surface area contributed by atoms with Crippen molar-refractivity contribution < 1.29 is 4.90 Å². The molecule has 4 nitrogen and oxygen atoms in total. The first-order valence-electron chi connectivity index (χ1n) is 10.7. The van der Waals surface area contributed by atoms with Crippen molar-refractivity contribution in [2.75, 3.05) is 37.8 Å². The normalized spacial score (nSPS) is 20.2. The predicted molar refractivity (Wildman–Crippen MR) is 123 cm³/mol. The fraction of sp³-hybridized carbons (Fsp3) is 0.478. The minimum Gasteiger partial charge on any atom is -0.356 e. The van der Waals surface area contributed by atoms with Crippen molar-refractivity contribution in [3.8, 4) is 0 Å². The summed E-state index contributed by atoms with van der Waals surface area (Å²) >= 11 is 3.56. The smallest absolute Gasteiger partial charge is 0.190 e. The van der Waals surface area contributed by atoms with Gasteiger partial charge in [-0.25, -0.2) is 9.97 Å². The summed E-state index contributed by atoms with van der Waals surface area (Å²) in [6, 6.07) is 11.0. The molecule has 0 saturated carbocycles. The molecule has 1 unspecified atom stereocenters. The monoisotopic (exact) mass is 425 g/mol. The number of nitrogens with zero attached hydrogens (tertiary/aromatic N) is 3. The van der Waals surface area contributed by atoms with Crippen LogP contribution in [0.15, 0.2) is 35.5 Å². The number of benzene rings is 1. The molecule has 0 bridgehead atoms. The van der Waals surface area contributed by atoms with E-state index >= 15 is 0 Å². The Morgan fingerprint density at radius 1 is 1.17 bits per heavy atom. The van der Waals surface area contributed by atoms with Crippen LogP contribution in [0.4, 0.5) is 5.82 Å². The second-order valence-corrected chi connectivity index (χ2v) is 10.3. The van der Waals surface area contributed by atoms with Crippen LogP contribution in [0.1, 0.15) is 28.8 Å². The van der Waals surface area contributed by atoms with Crippen molar-refractivity contribution in [1.29, 1.82) is 0 Å². The van der Waals surface area contributed by atoms with Gasteiger partial charge in [0.05, 0.1) is 23.9 Å². The molecule has 0 radical (unpaired) electrons. The Kier molecular flexibility index (Phi) is 5.50. The number of hydrogen-bond acceptors (Lipinski definition) is 5. The van der Waals surface area contributed by atoms with E-state index < -0.39 is 0 Å². The number of hydrogen-bond donors (Lipinski definition) is 1. The van der Waals surface area contributed by atoms with E-state index in [-0.39, 0.29) is 0 Å². The number of quaternary nitrogens is 1. The minimum atomic E-state index is 0.777. The molecule has 0 aliphatic carbocycles. The van der Waals surface area contributed by atoms with Crippen LogP contribution in [0.2, 0.25) is 0 Å². The summed E-state index contributed by atoms with van der Waals surface area (Å²) in [5.41, 5.74) is 3.00. The van der Waals surface area contributed by atoms with E-state index in [1.165, 1.54) is 57.8 Å². The quantitative estimate of drug-likeness (QED) is 0.513. The summed E-state index contributed by atoms with van der Waals surface area (Å²) in [5, 5.41) is 2.27. The molecule has 152 valence electrons. The van der Waals surface area contributed by atoms with Gasteiger partial charge in [0.2, 0.25) is 0 Å². The van der Waals surface area contributed by atoms with Crippen molar-refractivity contribution >= 4 is 39.1 Å². The SMILES string of the molecule is CSc1nc(N2CCC(Cc3ccccc3)CC2)c2c3c(sc2n1)C[NH+](C)CC3. The first kappa shape index (κ1) is 19.3. The number of aromatic nitrogens is 2. The van der Waals surface area contributed by atoms with E-state index in [2.05, 4.69) is 48.5 Å². The molecule has 29 heavy (non-hydrogen) atoms. The largest absolute Gasteiger partial charge is 0.356 e. The second kappa shape index (κ2) is 8.25. The maximum atomic E-state index is 5.03. The zero-order valence-corrected chi connectivity index (χ0v) is 18.9. The molecule has 1 N–H and O–H groups in total. The van der Waals surface area contributed by atoms with Gasteiger partial charge >= 0.3 is 0 Å². The Balaban J connectivity index is 1.41. The Morgan fingerprint density at radius 2 is 1.97 bits per heavy atom. The molecule has 1 atom stereocenters. The zero-order chi connectivity index (χ0) is 19.8. The van der Waals surface area contributed by atoms with E-state index in [1.807, 2.05) is 11.3 Å². The highest BCUT2D eigenvalue weighted by molar-refractivity contribution is 7.98. The van der Waals surface area contributed by atoms with Gasteiger partial charge in [-0.3, -0.25) is 0 Å². The number of piperidine rings is 1. The van der Waals surface area contributed by atoms with Crippen molar-refractivity contribution in [2.45, 2.75) is 37.4 Å². The van der Waals surface area contributed by atoms with Gasteiger partial charge in [0.1, 0.15) is 17.2 Å². The topological polar surface area (TPSA) is 33.5 Å². The van der Waals surface area contributed by atoms with E-state index in [9.17, 15) is 0 Å². The molecular weight excluding hydrogens is 396 g/mol. The van der Waals surface area contributed by atoms with Crippen molar-refractivity contribution in [3.05, 3.63) is 46.3 Å². The van der Waals surface area contributed by atoms with E-state index in [4.69, 9.17) is 9.97 Å². The summed E-state index contributed by atoms with van der Waals surface area (Å²) in [6.45, 7) is 4.55. The summed E-state index contributed by atoms with van der Waals surface area (Å²) in [4.78, 5) is 16.8. The van der Waals surface area contributed by atoms with Crippen LogP contribution < -0.4 is 9.80 Å². The van der Waals surface area contributed by atoms with Crippen molar-refractivity contribution in [3.63, 3.8) is 0 Å². The highest BCUT2D eigenvalue weighted by Crippen LogP contribution is 2.39. The number of thiophene rings is 1. The molecule has 1 aromatic carbocycles. The molecular formula is C23H29N4S2+. The third-order valence-electron chi connectivity index (χ3n) is 6.42. The first-order valence-corrected chi connectivity index (χ1v) is 12.7. The fourth-order valence-electron chi connectivity index (χ4n) is 4.79. The Morgan fingerprint density at radius 3 is 2.72 bits per heavy atom. The molecule has 0 spiro atoms. The lowest BCUT2D eigenvalue weighted by molar-refractivity contribution is -0.895. The van der Waals surface area contributed by atoms with Crippen LogP contribution in [0.25, 0.3) is 10.2 Å². The number of anilines is 1. The van der Waals surface area contributed by atoms with Gasteiger partial charge in [-0.2, -0.15) is 0 Å². The van der Waals surface area contributed by atoms with E-state index in [0.717, 1.165) is 37.1 Å². The van der Waals surface area contributed by atoms with Crippen LogP contribution in [0.5, 0.6) is 0 Å². The van der Waals surface area contributed by atoms with Crippen molar-refractivity contribution in [1.82, 2.24) is 9.97 Å². The van der Waals surface area contributed by atoms with Crippen LogP contribution in [0.3, 0.4) is 0 Å². The van der Waals surface area contributed by atoms with Gasteiger partial charge in [0.15, 0.2) is 5.16 Å². The third kappa shape index (κ3) is 3.90. The Bertz CT molecular complexity index is 993. The van der Waals surface area contributed by atoms with Gasteiger partial charge in [0, 0.05) is 19.5 Å². The number of likely N-dealkylation sites (N-methyl/N-ethyl adjacent to an activating group) is 1. The zero-order valence-electron chi connectivity index (χ0n) is 17.3. The van der Waals surface area contributed by atoms with Gasteiger partial charge in [-0.05, 0) is 42.6 Å². The van der Waals surface area contributed by atoms with E-state index in [0.29, 0.717) is 0 Å². The number of nitrogens with one attached hydrogen (secondary N) is 1. The summed E-state index contributed by atoms with van der Waals surface area (Å²) < 4.78 is 0. The summed E-state index contributed by atoms with van der Waals surface area (Å²) in [5.74, 6) is 1.98. The lowest BCUT2D eigenvalue weighted by Gasteiger charge is -2.33. The van der Waals surface area contributed by atoms with Gasteiger partial charge in [-0.15, -0.1) is 11.3 Å². The standard InChI is InChI=1S/C23H28N4S2/c1-26-11-10-18-19(15-26)29-22-20(18)21(24-23(25-22)28-2)27-12-8-17(9-13-27)14-16-6-4-3-5-7-16/h3-7,17H,8-15H2,1-2H3/p+1. The fourth-order valence-corrected chi connectivity index (χ4v) is 6.54. The molecule has 2 aromatic heterocycles. The predicted octanol–water partition coefficient (Wildman–Crippen LogP) is 3.44. The van der Waals surface area contributed by atoms with Crippen LogP contribution in [-0.4, -0.2) is 42.9 Å². The molecule has 0 amide bonds. The molecule has 3 aromatic rings. The van der Waals surface area contributed by atoms with Gasteiger partial charge < -0.3 is 9.80 Å². The molecule has 2 aliphatic heterocycles. The maximum Gasteiger partial charge on any atom is 0.190 e. The number of thioether (sulfide) groups is 1. The number of rotatable bonds is 4. The Hall–Kier alpha value is -1.63. The molecule has 2 aliphatic rings. The highest BCUT2D eigenvalue weighted by Gasteiger charge is 2.28. The average molecular weight is 426 g/mol. The maximum absolute atomic E-state index is 5.03. The van der Waals surface area contributed by atoms with Gasteiger partial charge in [-0.1, -0.05) is 42.1 Å². The summed E-state index contributed by atoms with van der Waals surface area (Å²) in [7, 11) is 2.30. The van der Waals surface area contributed by atoms with Crippen molar-refractivity contribution in [2.24, 2.45) is 5.92 Å². The summed E-state index contributed by atoms with van der Waals surface area (Å²) in [6.07, 6.45) is 6.93. The Labute approximate surface area is 181 Å². The lowest BCUT2D eigenvalue weighted by atomic mass is 9.90. The number of fused-ring (bicyclic) bond motifs is 3. The second-order valence-electron chi connectivity index (χ2n) is 8.47. The van der Waals surface area contributed by atoms with Gasteiger partial charge in [0.25, 0.3) is 0 Å². The first-order chi connectivity index (χ1) is 14.2. The third-order valence-corrected chi connectivity index (χ3v) is 8.10. The molecule has 6 heteroatoms. The van der Waals surface area contributed by atoms with E-state index in [1.54, 1.807) is 16.7 Å².